The predicted molar refractivity (Wildman–Crippen MR) is 59.6 cm³/mol. The smallest absolute Gasteiger partial charge is 0.314 e. The summed E-state index contributed by atoms with van der Waals surface area (Å²) >= 11 is 0. The van der Waals surface area contributed by atoms with Crippen molar-refractivity contribution in [2.45, 2.75) is 25.4 Å². The number of rotatable bonds is 3. The van der Waals surface area contributed by atoms with Crippen LogP contribution in [0.5, 0.6) is 0 Å². The Hall–Kier alpha value is -1.56. The van der Waals surface area contributed by atoms with Crippen LogP contribution in [-0.4, -0.2) is 40.3 Å². The third-order valence-electron chi connectivity index (χ3n) is 2.95. The molecule has 88 valence electrons. The zero-order valence-electron chi connectivity index (χ0n) is 9.15. The number of H-pyrrole nitrogens is 1. The normalized spacial score (nSPS) is 17.6. The average molecular weight is 223 g/mol. The Kier molecular flexibility index (Phi) is 3.40. The minimum Gasteiger partial charge on any atom is -0.351 e. The van der Waals surface area contributed by atoms with Crippen LogP contribution >= 0.6 is 0 Å². The lowest BCUT2D eigenvalue weighted by atomic mass is 10.1. The van der Waals surface area contributed by atoms with Gasteiger partial charge in [-0.1, -0.05) is 0 Å². The summed E-state index contributed by atoms with van der Waals surface area (Å²) < 4.78 is 0. The molecule has 1 fully saturated rings. The number of nitrogens with two attached hydrogens (primary N) is 1. The minimum absolute atomic E-state index is 0.313. The molecule has 0 bridgehead atoms. The molecule has 0 unspecified atom stereocenters. The van der Waals surface area contributed by atoms with Gasteiger partial charge in [-0.15, -0.1) is 0 Å². The van der Waals surface area contributed by atoms with Crippen molar-refractivity contribution in [2.75, 3.05) is 13.1 Å². The number of aromatic nitrogens is 2. The van der Waals surface area contributed by atoms with E-state index in [0.717, 1.165) is 38.2 Å². The number of primary amides is 1. The van der Waals surface area contributed by atoms with Crippen LogP contribution in [0.4, 0.5) is 4.79 Å². The third kappa shape index (κ3) is 2.73. The molecule has 0 spiro atoms. The van der Waals surface area contributed by atoms with Gasteiger partial charge in [0.25, 0.3) is 0 Å². The van der Waals surface area contributed by atoms with Crippen LogP contribution in [0.15, 0.2) is 12.3 Å². The SMILES string of the molecule is NC(=O)N1CCC(NCc2ccn[nH]2)CC1. The zero-order valence-corrected chi connectivity index (χ0v) is 9.15. The summed E-state index contributed by atoms with van der Waals surface area (Å²) in [4.78, 5) is 12.6. The maximum absolute atomic E-state index is 10.9. The molecule has 1 aliphatic heterocycles. The summed E-state index contributed by atoms with van der Waals surface area (Å²) in [5, 5.41) is 10.2. The Balaban J connectivity index is 1.71. The fraction of sp³-hybridized carbons (Fsp3) is 0.600. The van der Waals surface area contributed by atoms with Gasteiger partial charge >= 0.3 is 6.03 Å². The molecule has 2 heterocycles. The number of nitrogens with one attached hydrogen (secondary N) is 2. The first kappa shape index (κ1) is 10.9. The Morgan fingerprint density at radius 2 is 2.38 bits per heavy atom. The van der Waals surface area contributed by atoms with Crippen LogP contribution in [0.25, 0.3) is 0 Å². The Labute approximate surface area is 94.2 Å². The monoisotopic (exact) mass is 223 g/mol. The number of nitrogens with zero attached hydrogens (tertiary/aromatic N) is 2. The number of hydrogen-bond acceptors (Lipinski definition) is 3. The first-order chi connectivity index (χ1) is 7.75. The predicted octanol–water partition coefficient (Wildman–Crippen LogP) is 0.0424. The number of aromatic amines is 1. The van der Waals surface area contributed by atoms with E-state index in [1.807, 2.05) is 6.07 Å². The average Bonchev–Trinajstić information content (AvgIpc) is 2.80. The van der Waals surface area contributed by atoms with E-state index in [9.17, 15) is 4.79 Å². The molecule has 2 rings (SSSR count). The molecule has 1 aromatic heterocycles. The summed E-state index contributed by atoms with van der Waals surface area (Å²) in [7, 11) is 0. The molecular formula is C10H17N5O. The van der Waals surface area contributed by atoms with E-state index in [2.05, 4.69) is 15.5 Å². The van der Waals surface area contributed by atoms with Crippen molar-refractivity contribution in [3.8, 4) is 0 Å². The van der Waals surface area contributed by atoms with Gasteiger partial charge < -0.3 is 16.0 Å². The van der Waals surface area contributed by atoms with Crippen LogP contribution in [0.3, 0.4) is 0 Å². The van der Waals surface area contributed by atoms with Gasteiger partial charge in [-0.05, 0) is 18.9 Å². The number of piperidine rings is 1. The topological polar surface area (TPSA) is 87.0 Å². The highest BCUT2D eigenvalue weighted by Gasteiger charge is 2.20. The molecule has 1 aliphatic rings. The summed E-state index contributed by atoms with van der Waals surface area (Å²) in [5.41, 5.74) is 6.30. The van der Waals surface area contributed by atoms with Crippen molar-refractivity contribution in [3.05, 3.63) is 18.0 Å². The van der Waals surface area contributed by atoms with Crippen molar-refractivity contribution in [1.29, 1.82) is 0 Å². The van der Waals surface area contributed by atoms with E-state index in [4.69, 9.17) is 5.73 Å². The molecule has 0 atom stereocenters. The molecule has 6 nitrogen and oxygen atoms in total. The van der Waals surface area contributed by atoms with Crippen LogP contribution in [-0.2, 0) is 6.54 Å². The van der Waals surface area contributed by atoms with Crippen LogP contribution in [0.1, 0.15) is 18.5 Å². The lowest BCUT2D eigenvalue weighted by Gasteiger charge is -2.31. The number of carbonyl (C=O) groups excluding carboxylic acids is 1. The molecule has 1 saturated heterocycles. The third-order valence-corrected chi connectivity index (χ3v) is 2.95. The summed E-state index contributed by atoms with van der Waals surface area (Å²) in [6.07, 6.45) is 3.65. The molecule has 6 heteroatoms. The number of amides is 2. The second-order valence-corrected chi connectivity index (χ2v) is 4.06. The van der Waals surface area contributed by atoms with Crippen molar-refractivity contribution < 1.29 is 4.79 Å². The fourth-order valence-corrected chi connectivity index (χ4v) is 1.94. The van der Waals surface area contributed by atoms with Crippen molar-refractivity contribution in [1.82, 2.24) is 20.4 Å². The second kappa shape index (κ2) is 4.98. The van der Waals surface area contributed by atoms with E-state index < -0.39 is 0 Å². The summed E-state index contributed by atoms with van der Waals surface area (Å²) in [6.45, 7) is 2.28. The lowest BCUT2D eigenvalue weighted by Crippen LogP contribution is -2.46. The van der Waals surface area contributed by atoms with E-state index in [0.29, 0.717) is 6.04 Å². The van der Waals surface area contributed by atoms with Gasteiger partial charge in [0, 0.05) is 37.6 Å². The van der Waals surface area contributed by atoms with Crippen LogP contribution < -0.4 is 11.1 Å². The van der Waals surface area contributed by atoms with Gasteiger partial charge in [-0.3, -0.25) is 5.10 Å². The highest BCUT2D eigenvalue weighted by Crippen LogP contribution is 2.10. The van der Waals surface area contributed by atoms with Gasteiger partial charge in [0.05, 0.1) is 0 Å². The molecular weight excluding hydrogens is 206 g/mol. The van der Waals surface area contributed by atoms with Crippen LogP contribution in [0, 0.1) is 0 Å². The van der Waals surface area contributed by atoms with Crippen molar-refractivity contribution in [2.24, 2.45) is 5.73 Å². The molecule has 0 aliphatic carbocycles. The maximum Gasteiger partial charge on any atom is 0.314 e. The highest BCUT2D eigenvalue weighted by atomic mass is 16.2. The quantitative estimate of drug-likeness (QED) is 0.676. The van der Waals surface area contributed by atoms with Crippen molar-refractivity contribution >= 4 is 6.03 Å². The molecule has 0 aromatic carbocycles. The Bertz CT molecular complexity index is 329. The highest BCUT2D eigenvalue weighted by molar-refractivity contribution is 5.72. The Morgan fingerprint density at radius 3 is 2.94 bits per heavy atom. The Morgan fingerprint density at radius 1 is 1.62 bits per heavy atom. The van der Waals surface area contributed by atoms with E-state index >= 15 is 0 Å². The van der Waals surface area contributed by atoms with Gasteiger partial charge in [0.15, 0.2) is 0 Å². The molecule has 0 saturated carbocycles. The minimum atomic E-state index is -0.313. The molecule has 0 radical (unpaired) electrons. The lowest BCUT2D eigenvalue weighted by molar-refractivity contribution is 0.185. The van der Waals surface area contributed by atoms with E-state index in [1.54, 1.807) is 11.1 Å². The fourth-order valence-electron chi connectivity index (χ4n) is 1.94. The number of hydrogen-bond donors (Lipinski definition) is 3. The first-order valence-corrected chi connectivity index (χ1v) is 5.51. The van der Waals surface area contributed by atoms with Crippen molar-refractivity contribution in [3.63, 3.8) is 0 Å². The largest absolute Gasteiger partial charge is 0.351 e. The number of carbonyl (C=O) groups is 1. The van der Waals surface area contributed by atoms with Gasteiger partial charge in [-0.25, -0.2) is 4.79 Å². The second-order valence-electron chi connectivity index (χ2n) is 4.06. The van der Waals surface area contributed by atoms with Gasteiger partial charge in [0.2, 0.25) is 0 Å². The standard InChI is InChI=1S/C10H17N5O/c11-10(16)15-5-2-8(3-6-15)12-7-9-1-4-13-14-9/h1,4,8,12H,2-3,5-7H2,(H2,11,16)(H,13,14). The first-order valence-electron chi connectivity index (χ1n) is 5.51. The van der Waals surface area contributed by atoms with Crippen LogP contribution in [0.2, 0.25) is 0 Å². The van der Waals surface area contributed by atoms with Gasteiger partial charge in [0.1, 0.15) is 0 Å². The van der Waals surface area contributed by atoms with E-state index in [1.165, 1.54) is 0 Å². The molecule has 16 heavy (non-hydrogen) atoms. The zero-order chi connectivity index (χ0) is 11.4. The van der Waals surface area contributed by atoms with Gasteiger partial charge in [-0.2, -0.15) is 5.10 Å². The molecule has 4 N–H and O–H groups in total. The summed E-state index contributed by atoms with van der Waals surface area (Å²) in [5.74, 6) is 0. The summed E-state index contributed by atoms with van der Waals surface area (Å²) in [6, 6.07) is 2.09. The van der Waals surface area contributed by atoms with E-state index in [-0.39, 0.29) is 6.03 Å². The maximum atomic E-state index is 10.9. The number of likely N-dealkylation sites (tertiary alicyclic amines) is 1. The molecule has 2 amide bonds. The molecule has 1 aromatic rings. The number of urea groups is 1.